The highest BCUT2D eigenvalue weighted by atomic mass is 79.9. The Kier molecular flexibility index (Phi) is 1.69. The minimum Gasteiger partial charge on any atom is -0.0842 e. The number of rotatable bonds is 0. The van der Waals surface area contributed by atoms with E-state index >= 15 is 0 Å². The van der Waals surface area contributed by atoms with Gasteiger partial charge in [0, 0.05) is 4.83 Å². The second-order valence-electron chi connectivity index (χ2n) is 1.56. The minimum absolute atomic E-state index is 0.581. The third-order valence-electron chi connectivity index (χ3n) is 0.928. The molecule has 0 bridgehead atoms. The zero-order valence-electron chi connectivity index (χ0n) is 3.97. The highest BCUT2D eigenvalue weighted by molar-refractivity contribution is 9.09. The summed E-state index contributed by atoms with van der Waals surface area (Å²) in [6.07, 6.45) is 9.55. The monoisotopic (exact) mass is 158 g/mol. The molecule has 1 aliphatic carbocycles. The van der Waals surface area contributed by atoms with Crippen LogP contribution in [-0.4, -0.2) is 4.83 Å². The van der Waals surface area contributed by atoms with Crippen molar-refractivity contribution in [3.63, 3.8) is 0 Å². The van der Waals surface area contributed by atoms with Crippen molar-refractivity contribution >= 4 is 15.9 Å². The summed E-state index contributed by atoms with van der Waals surface area (Å²) in [5.41, 5.74) is 0. The van der Waals surface area contributed by atoms with Crippen molar-refractivity contribution in [3.05, 3.63) is 24.3 Å². The molecule has 0 N–H and O–H groups in total. The fourth-order valence-electron chi connectivity index (χ4n) is 0.550. The molecule has 0 aliphatic heterocycles. The molecular formula is C6H7Br. The van der Waals surface area contributed by atoms with E-state index in [0.29, 0.717) is 4.83 Å². The van der Waals surface area contributed by atoms with E-state index in [2.05, 4.69) is 40.2 Å². The van der Waals surface area contributed by atoms with Crippen LogP contribution in [-0.2, 0) is 0 Å². The number of allylic oxidation sites excluding steroid dienone is 4. The standard InChI is InChI=1S/C6H7Br/c7-6-4-2-1-3-5-6/h1-4,6H,5H2. The van der Waals surface area contributed by atoms with Gasteiger partial charge in [0.1, 0.15) is 0 Å². The molecule has 0 saturated carbocycles. The van der Waals surface area contributed by atoms with Gasteiger partial charge in [0.15, 0.2) is 0 Å². The Labute approximate surface area is 52.0 Å². The number of hydrogen-bond donors (Lipinski definition) is 0. The predicted molar refractivity (Wildman–Crippen MR) is 35.6 cm³/mol. The molecule has 0 saturated heterocycles. The van der Waals surface area contributed by atoms with Gasteiger partial charge in [-0.3, -0.25) is 0 Å². The summed E-state index contributed by atoms with van der Waals surface area (Å²) in [5.74, 6) is 0. The van der Waals surface area contributed by atoms with Gasteiger partial charge in [-0.15, -0.1) is 0 Å². The largest absolute Gasteiger partial charge is 0.0842 e. The van der Waals surface area contributed by atoms with E-state index in [-0.39, 0.29) is 0 Å². The van der Waals surface area contributed by atoms with Gasteiger partial charge in [-0.25, -0.2) is 0 Å². The molecule has 0 aromatic carbocycles. The molecule has 0 nitrogen and oxygen atoms in total. The third kappa shape index (κ3) is 1.48. The Balaban J connectivity index is 2.49. The molecule has 1 unspecified atom stereocenters. The molecule has 0 aromatic heterocycles. The Bertz CT molecular complexity index is 103. The summed E-state index contributed by atoms with van der Waals surface area (Å²) in [6.45, 7) is 0. The lowest BCUT2D eigenvalue weighted by molar-refractivity contribution is 1.07. The number of halogens is 1. The van der Waals surface area contributed by atoms with Gasteiger partial charge in [-0.05, 0) is 6.42 Å². The highest BCUT2D eigenvalue weighted by Crippen LogP contribution is 2.10. The van der Waals surface area contributed by atoms with Gasteiger partial charge >= 0.3 is 0 Å². The van der Waals surface area contributed by atoms with Crippen molar-refractivity contribution in [2.75, 3.05) is 0 Å². The van der Waals surface area contributed by atoms with Crippen LogP contribution >= 0.6 is 15.9 Å². The van der Waals surface area contributed by atoms with Gasteiger partial charge in [0.2, 0.25) is 0 Å². The van der Waals surface area contributed by atoms with Crippen LogP contribution in [0.15, 0.2) is 24.3 Å². The van der Waals surface area contributed by atoms with Crippen LogP contribution in [0.1, 0.15) is 6.42 Å². The summed E-state index contributed by atoms with van der Waals surface area (Å²) >= 11 is 3.45. The van der Waals surface area contributed by atoms with E-state index in [0.717, 1.165) is 6.42 Å². The van der Waals surface area contributed by atoms with Gasteiger partial charge in [-0.1, -0.05) is 40.2 Å². The minimum atomic E-state index is 0.581. The molecular weight excluding hydrogens is 152 g/mol. The average Bonchev–Trinajstić information content (AvgIpc) is 1.69. The maximum absolute atomic E-state index is 3.45. The Morgan fingerprint density at radius 1 is 1.43 bits per heavy atom. The van der Waals surface area contributed by atoms with E-state index in [4.69, 9.17) is 0 Å². The van der Waals surface area contributed by atoms with E-state index in [9.17, 15) is 0 Å². The van der Waals surface area contributed by atoms with Gasteiger partial charge < -0.3 is 0 Å². The topological polar surface area (TPSA) is 0 Å². The van der Waals surface area contributed by atoms with Crippen molar-refractivity contribution in [1.82, 2.24) is 0 Å². The van der Waals surface area contributed by atoms with Gasteiger partial charge in [-0.2, -0.15) is 0 Å². The van der Waals surface area contributed by atoms with Crippen molar-refractivity contribution in [3.8, 4) is 0 Å². The van der Waals surface area contributed by atoms with Crippen LogP contribution in [0.2, 0.25) is 0 Å². The van der Waals surface area contributed by atoms with Crippen LogP contribution < -0.4 is 0 Å². The average molecular weight is 159 g/mol. The molecule has 38 valence electrons. The summed E-state index contributed by atoms with van der Waals surface area (Å²) in [5, 5.41) is 0. The molecule has 1 rings (SSSR count). The van der Waals surface area contributed by atoms with Crippen LogP contribution in [0.5, 0.6) is 0 Å². The molecule has 1 atom stereocenters. The zero-order chi connectivity index (χ0) is 5.11. The summed E-state index contributed by atoms with van der Waals surface area (Å²) in [6, 6.07) is 0. The molecule has 0 fully saturated rings. The quantitative estimate of drug-likeness (QED) is 0.475. The Hall–Kier alpha value is -0.0400. The molecule has 0 amide bonds. The number of alkyl halides is 1. The first-order valence-corrected chi connectivity index (χ1v) is 3.28. The molecule has 0 spiro atoms. The lowest BCUT2D eigenvalue weighted by Crippen LogP contribution is -1.90. The SMILES string of the molecule is BrC1C=CC=CC1. The van der Waals surface area contributed by atoms with E-state index < -0.39 is 0 Å². The van der Waals surface area contributed by atoms with Gasteiger partial charge in [0.05, 0.1) is 0 Å². The molecule has 0 heterocycles. The van der Waals surface area contributed by atoms with Crippen molar-refractivity contribution in [2.24, 2.45) is 0 Å². The van der Waals surface area contributed by atoms with E-state index in [1.165, 1.54) is 0 Å². The van der Waals surface area contributed by atoms with Crippen molar-refractivity contribution < 1.29 is 0 Å². The summed E-state index contributed by atoms with van der Waals surface area (Å²) < 4.78 is 0. The van der Waals surface area contributed by atoms with Crippen LogP contribution in [0.4, 0.5) is 0 Å². The lowest BCUT2D eigenvalue weighted by atomic mass is 10.2. The summed E-state index contributed by atoms with van der Waals surface area (Å²) in [7, 11) is 0. The second-order valence-corrected chi connectivity index (χ2v) is 2.74. The second kappa shape index (κ2) is 2.31. The Morgan fingerprint density at radius 3 is 2.57 bits per heavy atom. The van der Waals surface area contributed by atoms with Crippen LogP contribution in [0.25, 0.3) is 0 Å². The smallest absolute Gasteiger partial charge is 0.0362 e. The predicted octanol–water partition coefficient (Wildman–Crippen LogP) is 2.27. The lowest BCUT2D eigenvalue weighted by Gasteiger charge is -2.00. The van der Waals surface area contributed by atoms with Crippen molar-refractivity contribution in [2.45, 2.75) is 11.2 Å². The van der Waals surface area contributed by atoms with E-state index in [1.807, 2.05) is 0 Å². The molecule has 1 aliphatic rings. The molecule has 1 heteroatoms. The molecule has 0 aromatic rings. The van der Waals surface area contributed by atoms with Crippen LogP contribution in [0, 0.1) is 0 Å². The molecule has 0 radical (unpaired) electrons. The maximum Gasteiger partial charge on any atom is 0.0362 e. The molecule has 7 heavy (non-hydrogen) atoms. The maximum atomic E-state index is 3.45. The Morgan fingerprint density at radius 2 is 2.29 bits per heavy atom. The van der Waals surface area contributed by atoms with Gasteiger partial charge in [0.25, 0.3) is 0 Å². The van der Waals surface area contributed by atoms with Crippen LogP contribution in [0.3, 0.4) is 0 Å². The fraction of sp³-hybridized carbons (Fsp3) is 0.333. The first-order chi connectivity index (χ1) is 3.39. The first kappa shape index (κ1) is 5.10. The zero-order valence-corrected chi connectivity index (χ0v) is 5.56. The fourth-order valence-corrected chi connectivity index (χ4v) is 0.942. The normalized spacial score (nSPS) is 28.4. The summed E-state index contributed by atoms with van der Waals surface area (Å²) in [4.78, 5) is 0.581. The third-order valence-corrected chi connectivity index (χ3v) is 1.61. The number of hydrogen-bond acceptors (Lipinski definition) is 0. The van der Waals surface area contributed by atoms with Crippen molar-refractivity contribution in [1.29, 1.82) is 0 Å². The first-order valence-electron chi connectivity index (χ1n) is 2.37. The van der Waals surface area contributed by atoms with E-state index in [1.54, 1.807) is 0 Å². The highest BCUT2D eigenvalue weighted by Gasteiger charge is 1.95.